The van der Waals surface area contributed by atoms with Crippen molar-refractivity contribution in [3.63, 3.8) is 0 Å². The summed E-state index contributed by atoms with van der Waals surface area (Å²) in [5.74, 6) is -1.72. The highest BCUT2D eigenvalue weighted by atomic mass is 16.6. The molecule has 2 aromatic carbocycles. The summed E-state index contributed by atoms with van der Waals surface area (Å²) in [4.78, 5) is 38.3. The molecule has 9 nitrogen and oxygen atoms in total. The Morgan fingerprint density at radius 3 is 2.37 bits per heavy atom. The zero-order chi connectivity index (χ0) is 24.7. The van der Waals surface area contributed by atoms with Crippen molar-refractivity contribution in [1.29, 1.82) is 0 Å². The number of amides is 2. The predicted octanol–water partition coefficient (Wildman–Crippen LogP) is 4.22. The summed E-state index contributed by atoms with van der Waals surface area (Å²) in [6.45, 7) is 3.93. The molecule has 35 heavy (non-hydrogen) atoms. The third kappa shape index (κ3) is 3.92. The van der Waals surface area contributed by atoms with E-state index in [0.717, 1.165) is 22.3 Å². The molecule has 2 N–H and O–H groups in total. The fraction of sp³-hybridized carbons (Fsp3) is 0.308. The number of fused-ring (bicyclic) bond motifs is 3. The molecule has 2 unspecified atom stereocenters. The van der Waals surface area contributed by atoms with E-state index in [0.29, 0.717) is 6.54 Å². The smallest absolute Gasteiger partial charge is 0.414 e. The Kier molecular flexibility index (Phi) is 5.55. The lowest BCUT2D eigenvalue weighted by Crippen LogP contribution is -2.36. The topological polar surface area (TPSA) is 122 Å². The number of nitrogens with zero attached hydrogens (tertiary/aromatic N) is 2. The molecule has 2 atom stereocenters. The van der Waals surface area contributed by atoms with Gasteiger partial charge in [-0.2, -0.15) is 0 Å². The number of aliphatic carboxylic acids is 1. The Labute approximate surface area is 201 Å². The molecule has 2 heterocycles. The molecular formula is C26H25N3O6. The van der Waals surface area contributed by atoms with Crippen LogP contribution < -0.4 is 5.32 Å². The average Bonchev–Trinajstić information content (AvgIpc) is 3.52. The van der Waals surface area contributed by atoms with Crippen LogP contribution in [0.15, 0.2) is 59.1 Å². The van der Waals surface area contributed by atoms with Crippen molar-refractivity contribution in [1.82, 2.24) is 10.1 Å². The summed E-state index contributed by atoms with van der Waals surface area (Å²) in [6.07, 6.45) is -0.727. The molecule has 1 aromatic heterocycles. The van der Waals surface area contributed by atoms with Crippen molar-refractivity contribution in [3.8, 4) is 11.1 Å². The van der Waals surface area contributed by atoms with Crippen LogP contribution in [0.2, 0.25) is 0 Å². The fourth-order valence-corrected chi connectivity index (χ4v) is 4.91. The minimum atomic E-state index is -1.03. The van der Waals surface area contributed by atoms with Gasteiger partial charge in [-0.3, -0.25) is 14.9 Å². The van der Waals surface area contributed by atoms with E-state index in [-0.39, 0.29) is 36.6 Å². The lowest BCUT2D eigenvalue weighted by Gasteiger charge is -2.22. The number of aromatic nitrogens is 1. The van der Waals surface area contributed by atoms with E-state index < -0.39 is 23.4 Å². The second-order valence-corrected chi connectivity index (χ2v) is 9.34. The number of carbonyl (C=O) groups excluding carboxylic acids is 2. The Morgan fingerprint density at radius 1 is 1.14 bits per heavy atom. The molecule has 1 aliphatic carbocycles. The van der Waals surface area contributed by atoms with Gasteiger partial charge in [0.25, 0.3) is 5.91 Å². The van der Waals surface area contributed by atoms with E-state index in [9.17, 15) is 19.5 Å². The molecule has 2 amide bonds. The SMILES string of the molecule is CC1CN(C(=O)c2cc(NC(=O)OCC3c4ccccc4-c4ccccc43)on2)CC1(C)C(=O)O. The zero-order valence-electron chi connectivity index (χ0n) is 19.4. The number of hydrogen-bond acceptors (Lipinski definition) is 6. The fourth-order valence-electron chi connectivity index (χ4n) is 4.91. The van der Waals surface area contributed by atoms with Gasteiger partial charge in [0.1, 0.15) is 6.61 Å². The molecule has 0 radical (unpaired) electrons. The predicted molar refractivity (Wildman–Crippen MR) is 126 cm³/mol. The van der Waals surface area contributed by atoms with Crippen LogP contribution in [-0.4, -0.2) is 52.8 Å². The van der Waals surface area contributed by atoms with Gasteiger partial charge in [0.05, 0.1) is 5.41 Å². The van der Waals surface area contributed by atoms with Crippen LogP contribution in [-0.2, 0) is 9.53 Å². The van der Waals surface area contributed by atoms with Crippen LogP contribution in [0, 0.1) is 11.3 Å². The van der Waals surface area contributed by atoms with Crippen molar-refractivity contribution in [2.75, 3.05) is 25.0 Å². The largest absolute Gasteiger partial charge is 0.481 e. The van der Waals surface area contributed by atoms with Crippen LogP contribution in [0.4, 0.5) is 10.7 Å². The number of likely N-dealkylation sites (tertiary alicyclic amines) is 1. The number of carboxylic acid groups (broad SMARTS) is 1. The number of hydrogen-bond donors (Lipinski definition) is 2. The van der Waals surface area contributed by atoms with Crippen LogP contribution in [0.1, 0.15) is 41.4 Å². The normalized spacial score (nSPS) is 20.9. The highest BCUT2D eigenvalue weighted by Gasteiger charge is 2.48. The highest BCUT2D eigenvalue weighted by molar-refractivity contribution is 5.94. The van der Waals surface area contributed by atoms with Crippen LogP contribution in [0.5, 0.6) is 0 Å². The number of benzene rings is 2. The van der Waals surface area contributed by atoms with E-state index in [1.54, 1.807) is 13.8 Å². The number of nitrogens with one attached hydrogen (secondary N) is 1. The third-order valence-corrected chi connectivity index (χ3v) is 7.18. The quantitative estimate of drug-likeness (QED) is 0.567. The number of rotatable bonds is 5. The molecule has 0 saturated carbocycles. The van der Waals surface area contributed by atoms with E-state index in [1.807, 2.05) is 36.4 Å². The van der Waals surface area contributed by atoms with Crippen molar-refractivity contribution in [2.24, 2.45) is 11.3 Å². The molecule has 2 aliphatic rings. The minimum absolute atomic E-state index is 0.0132. The zero-order valence-corrected chi connectivity index (χ0v) is 19.4. The Bertz CT molecular complexity index is 1270. The molecule has 3 aromatic rings. The average molecular weight is 476 g/mol. The first kappa shape index (κ1) is 22.6. The molecule has 1 fully saturated rings. The number of carbonyl (C=O) groups is 3. The number of ether oxygens (including phenoxy) is 1. The van der Waals surface area contributed by atoms with Crippen molar-refractivity contribution in [2.45, 2.75) is 19.8 Å². The summed E-state index contributed by atoms with van der Waals surface area (Å²) in [5.41, 5.74) is 3.42. The molecule has 9 heteroatoms. The van der Waals surface area contributed by atoms with Crippen molar-refractivity contribution >= 4 is 23.9 Å². The Balaban J connectivity index is 1.21. The Hall–Kier alpha value is -4.14. The standard InChI is InChI=1S/C26H25N3O6/c1-15-12-29(14-26(15,2)24(31)32)23(30)21-11-22(35-28-21)27-25(33)34-13-20-18-9-5-3-7-16(18)17-8-4-6-10-19(17)20/h3-11,15,20H,12-14H2,1-2H3,(H,27,33)(H,31,32). The van der Waals surface area contributed by atoms with Crippen LogP contribution in [0.3, 0.4) is 0 Å². The maximum atomic E-state index is 12.8. The molecule has 180 valence electrons. The summed E-state index contributed by atoms with van der Waals surface area (Å²) in [6, 6.07) is 17.4. The molecule has 1 saturated heterocycles. The first-order valence-electron chi connectivity index (χ1n) is 11.4. The van der Waals surface area contributed by atoms with Gasteiger partial charge in [-0.05, 0) is 35.1 Å². The maximum Gasteiger partial charge on any atom is 0.414 e. The van der Waals surface area contributed by atoms with E-state index in [4.69, 9.17) is 9.26 Å². The summed E-state index contributed by atoms with van der Waals surface area (Å²) >= 11 is 0. The number of carboxylic acids is 1. The van der Waals surface area contributed by atoms with Gasteiger partial charge in [-0.25, -0.2) is 4.79 Å². The van der Waals surface area contributed by atoms with Gasteiger partial charge in [0, 0.05) is 25.1 Å². The van der Waals surface area contributed by atoms with Gasteiger partial charge < -0.3 is 19.3 Å². The third-order valence-electron chi connectivity index (χ3n) is 7.18. The molecule has 1 aliphatic heterocycles. The van der Waals surface area contributed by atoms with Gasteiger partial charge in [0.15, 0.2) is 5.69 Å². The van der Waals surface area contributed by atoms with E-state index in [2.05, 4.69) is 22.6 Å². The van der Waals surface area contributed by atoms with E-state index >= 15 is 0 Å². The summed E-state index contributed by atoms with van der Waals surface area (Å²) < 4.78 is 10.6. The maximum absolute atomic E-state index is 12.8. The first-order valence-corrected chi connectivity index (χ1v) is 11.4. The van der Waals surface area contributed by atoms with E-state index in [1.165, 1.54) is 11.0 Å². The van der Waals surface area contributed by atoms with Crippen molar-refractivity contribution < 1.29 is 28.8 Å². The summed E-state index contributed by atoms with van der Waals surface area (Å²) in [7, 11) is 0. The second kappa shape index (κ2) is 8.57. The molecular weight excluding hydrogens is 450 g/mol. The van der Waals surface area contributed by atoms with Crippen molar-refractivity contribution in [3.05, 3.63) is 71.4 Å². The molecule has 0 bridgehead atoms. The number of anilines is 1. The van der Waals surface area contributed by atoms with Gasteiger partial charge in [-0.15, -0.1) is 0 Å². The first-order chi connectivity index (χ1) is 16.8. The lowest BCUT2D eigenvalue weighted by atomic mass is 9.81. The monoisotopic (exact) mass is 475 g/mol. The van der Waals surface area contributed by atoms with Crippen LogP contribution in [0.25, 0.3) is 11.1 Å². The lowest BCUT2D eigenvalue weighted by molar-refractivity contribution is -0.148. The Morgan fingerprint density at radius 2 is 1.77 bits per heavy atom. The molecule has 5 rings (SSSR count). The second-order valence-electron chi connectivity index (χ2n) is 9.34. The van der Waals surface area contributed by atoms with Gasteiger partial charge in [-0.1, -0.05) is 60.6 Å². The summed E-state index contributed by atoms with van der Waals surface area (Å²) in [5, 5.41) is 15.7. The molecule has 0 spiro atoms. The van der Waals surface area contributed by atoms with Gasteiger partial charge >= 0.3 is 12.1 Å². The minimum Gasteiger partial charge on any atom is -0.481 e. The van der Waals surface area contributed by atoms with Crippen LogP contribution >= 0.6 is 0 Å². The van der Waals surface area contributed by atoms with Gasteiger partial charge in [0.2, 0.25) is 5.88 Å². The highest BCUT2D eigenvalue weighted by Crippen LogP contribution is 2.44.